The highest BCUT2D eigenvalue weighted by Gasteiger charge is 2.45. The molecule has 3 heteroatoms. The summed E-state index contributed by atoms with van der Waals surface area (Å²) in [5.41, 5.74) is 24.3. The van der Waals surface area contributed by atoms with Crippen LogP contribution in [-0.4, -0.2) is 9.97 Å². The quantitative estimate of drug-likeness (QED) is 0.177. The molecule has 3 nitrogen and oxygen atoms in total. The smallest absolute Gasteiger partial charge is 0.143 e. The summed E-state index contributed by atoms with van der Waals surface area (Å²) in [4.78, 5) is 7.73. The Morgan fingerprint density at radius 1 is 0.329 bits per heavy atom. The molecule has 12 aromatic rings. The molecule has 0 saturated carbocycles. The minimum atomic E-state index is -0.263. The van der Waals surface area contributed by atoms with Crippen LogP contribution in [0.3, 0.4) is 0 Å². The van der Waals surface area contributed by atoms with E-state index < -0.39 is 0 Å². The molecule has 3 aromatic heterocycles. The number of aryl methyl sites for hydroxylation is 5. The van der Waals surface area contributed by atoms with E-state index in [1.54, 1.807) is 18.6 Å². The molecule has 0 atom stereocenters. The zero-order valence-electron chi connectivity index (χ0n) is 44.6. The first-order chi connectivity index (χ1) is 37.0. The van der Waals surface area contributed by atoms with Gasteiger partial charge in [-0.25, -0.2) is 0 Å². The van der Waals surface area contributed by atoms with Crippen molar-refractivity contribution in [3.63, 3.8) is 0 Å². The maximum atomic E-state index is 6.17. The lowest BCUT2D eigenvalue weighted by Gasteiger charge is -2.34. The molecule has 0 saturated heterocycles. The summed E-state index contributed by atoms with van der Waals surface area (Å²) in [6, 6.07) is 84.1. The molecule has 0 aliphatic heterocycles. The third-order valence-electron chi connectivity index (χ3n) is 14.8. The number of aromatic nitrogens is 2. The molecule has 3 heterocycles. The summed E-state index contributed by atoms with van der Waals surface area (Å²) >= 11 is 0. The maximum absolute atomic E-state index is 6.17. The Labute approximate surface area is 449 Å². The van der Waals surface area contributed by atoms with Crippen LogP contribution in [0.5, 0.6) is 0 Å². The van der Waals surface area contributed by atoms with Crippen molar-refractivity contribution in [1.29, 1.82) is 0 Å². The van der Waals surface area contributed by atoms with E-state index in [0.29, 0.717) is 0 Å². The van der Waals surface area contributed by atoms with E-state index in [0.717, 1.165) is 16.7 Å². The minimum Gasteiger partial charge on any atom is -0.455 e. The molecule has 14 rings (SSSR count). The molecule has 0 fully saturated rings. The molecular formula is C73H64N2O. The second-order valence-electron chi connectivity index (χ2n) is 20.5. The Hall–Kier alpha value is -8.92. The molecule has 0 radical (unpaired) electrons. The van der Waals surface area contributed by atoms with Crippen LogP contribution < -0.4 is 0 Å². The first kappa shape index (κ1) is 50.6. The topological polar surface area (TPSA) is 38.9 Å². The predicted molar refractivity (Wildman–Crippen MR) is 319 cm³/mol. The molecule has 0 unspecified atom stereocenters. The summed E-state index contributed by atoms with van der Waals surface area (Å²) in [6.45, 7) is 15.1. The number of benzene rings is 9. The van der Waals surface area contributed by atoms with Gasteiger partial charge < -0.3 is 4.42 Å². The molecule has 76 heavy (non-hydrogen) atoms. The van der Waals surface area contributed by atoms with Crippen LogP contribution in [0, 0.1) is 34.6 Å². The Bertz CT molecular complexity index is 3800. The standard InChI is InChI=1S/C26H20.C19H14O.C16H16.2C6H7N/c1-19-16-17-23-22-14-8-9-15-24(22)26(25(23)18-19,20-10-4-2-5-11-20)21-12-6-3-7-13-21;1-13-7-5-11-16-17-12-6-10-15(19(17)20-18(13)16)14-8-3-2-4-9-14;1-11-8-9-13-12-6-4-5-7-14(12)16(2,3)15(13)10-11;1-6-2-4-7-5-3-6;1-6-3-2-4-7-5-6/h2-18H,1H3;2-12H,1H3;4-10H,1-3H3;2*2-5H,1H3. The van der Waals surface area contributed by atoms with Crippen molar-refractivity contribution in [3.05, 3.63) is 323 Å². The normalized spacial score (nSPS) is 12.6. The summed E-state index contributed by atoms with van der Waals surface area (Å²) in [6.07, 6.45) is 7.18. The average molecular weight is 985 g/mol. The van der Waals surface area contributed by atoms with Gasteiger partial charge in [0.25, 0.3) is 0 Å². The molecule has 2 aliphatic rings. The lowest BCUT2D eigenvalue weighted by molar-refractivity contribution is 0.660. The molecule has 2 aliphatic carbocycles. The Morgan fingerprint density at radius 2 is 0.829 bits per heavy atom. The van der Waals surface area contributed by atoms with E-state index in [4.69, 9.17) is 4.42 Å². The van der Waals surface area contributed by atoms with Gasteiger partial charge in [-0.15, -0.1) is 0 Å². The predicted octanol–water partition coefficient (Wildman–Crippen LogP) is 19.0. The highest BCUT2D eigenvalue weighted by Crippen LogP contribution is 2.56. The van der Waals surface area contributed by atoms with Gasteiger partial charge in [0.2, 0.25) is 0 Å². The van der Waals surface area contributed by atoms with Crippen LogP contribution in [0.1, 0.15) is 75.0 Å². The van der Waals surface area contributed by atoms with Crippen molar-refractivity contribution < 1.29 is 4.42 Å². The fourth-order valence-electron chi connectivity index (χ4n) is 11.1. The number of fused-ring (bicyclic) bond motifs is 9. The summed E-state index contributed by atoms with van der Waals surface area (Å²) in [7, 11) is 0. The Balaban J connectivity index is 0.000000117. The highest BCUT2D eigenvalue weighted by atomic mass is 16.3. The van der Waals surface area contributed by atoms with Crippen LogP contribution >= 0.6 is 0 Å². The van der Waals surface area contributed by atoms with Crippen LogP contribution in [0.25, 0.3) is 55.3 Å². The zero-order chi connectivity index (χ0) is 52.7. The number of rotatable bonds is 3. The van der Waals surface area contributed by atoms with Crippen LogP contribution in [0.2, 0.25) is 0 Å². The lowest BCUT2D eigenvalue weighted by atomic mass is 9.67. The first-order valence-corrected chi connectivity index (χ1v) is 26.3. The number of para-hydroxylation sites is 2. The van der Waals surface area contributed by atoms with Crippen molar-refractivity contribution in [2.45, 2.75) is 59.3 Å². The van der Waals surface area contributed by atoms with Crippen molar-refractivity contribution in [2.24, 2.45) is 0 Å². The number of hydrogen-bond acceptors (Lipinski definition) is 3. The van der Waals surface area contributed by atoms with Crippen LogP contribution in [0.4, 0.5) is 0 Å². The van der Waals surface area contributed by atoms with E-state index in [-0.39, 0.29) is 10.8 Å². The fraction of sp³-hybridized carbons (Fsp3) is 0.123. The summed E-state index contributed by atoms with van der Waals surface area (Å²) in [5, 5.41) is 2.38. The number of pyridine rings is 2. The number of nitrogens with zero attached hydrogens (tertiary/aromatic N) is 2. The monoisotopic (exact) mass is 985 g/mol. The third-order valence-corrected chi connectivity index (χ3v) is 14.8. The van der Waals surface area contributed by atoms with Crippen LogP contribution in [0.15, 0.2) is 266 Å². The maximum Gasteiger partial charge on any atom is 0.143 e. The van der Waals surface area contributed by atoms with E-state index in [1.807, 2.05) is 50.4 Å². The lowest BCUT2D eigenvalue weighted by Crippen LogP contribution is -2.28. The largest absolute Gasteiger partial charge is 0.455 e. The molecule has 0 N–H and O–H groups in total. The van der Waals surface area contributed by atoms with Crippen LogP contribution in [-0.2, 0) is 10.8 Å². The molecule has 0 spiro atoms. The van der Waals surface area contributed by atoms with Crippen molar-refractivity contribution in [2.75, 3.05) is 0 Å². The SMILES string of the molecule is Cc1ccc2c(c1)C(C)(C)c1ccccc1-2.Cc1ccc2c(c1)C(c1ccccc1)(c1ccccc1)c1ccccc1-2.Cc1cccc2c1oc1c(-c3ccccc3)cccc12.Cc1cccnc1.Cc1ccncc1. The van der Waals surface area contributed by atoms with Gasteiger partial charge in [0.1, 0.15) is 11.2 Å². The second kappa shape index (κ2) is 22.3. The molecule has 372 valence electrons. The van der Waals surface area contributed by atoms with Gasteiger partial charge in [-0.2, -0.15) is 0 Å². The third kappa shape index (κ3) is 10.0. The van der Waals surface area contributed by atoms with Gasteiger partial charge in [0.15, 0.2) is 0 Å². The van der Waals surface area contributed by atoms with E-state index in [9.17, 15) is 0 Å². The Kier molecular flexibility index (Phi) is 14.8. The van der Waals surface area contributed by atoms with Gasteiger partial charge in [0.05, 0.1) is 5.41 Å². The molecule has 9 aromatic carbocycles. The number of hydrogen-bond donors (Lipinski definition) is 0. The van der Waals surface area contributed by atoms with Crippen molar-refractivity contribution >= 4 is 21.9 Å². The molecular weight excluding hydrogens is 921 g/mol. The van der Waals surface area contributed by atoms with Gasteiger partial charge in [-0.3, -0.25) is 9.97 Å². The van der Waals surface area contributed by atoms with Gasteiger partial charge in [-0.1, -0.05) is 243 Å². The van der Waals surface area contributed by atoms with Gasteiger partial charge >= 0.3 is 0 Å². The first-order valence-electron chi connectivity index (χ1n) is 26.3. The summed E-state index contributed by atoms with van der Waals surface area (Å²) < 4.78 is 6.17. The minimum absolute atomic E-state index is 0.151. The van der Waals surface area contributed by atoms with Crippen molar-refractivity contribution in [3.8, 4) is 33.4 Å². The molecule has 0 amide bonds. The zero-order valence-corrected chi connectivity index (χ0v) is 44.6. The average Bonchev–Trinajstić information content (AvgIpc) is 4.23. The second-order valence-corrected chi connectivity index (χ2v) is 20.5. The van der Waals surface area contributed by atoms with Gasteiger partial charge in [-0.05, 0) is 131 Å². The van der Waals surface area contributed by atoms with E-state index in [2.05, 4.69) is 251 Å². The van der Waals surface area contributed by atoms with Crippen molar-refractivity contribution in [1.82, 2.24) is 9.97 Å². The Morgan fingerprint density at radius 3 is 1.39 bits per heavy atom. The number of furan rings is 1. The van der Waals surface area contributed by atoms with E-state index >= 15 is 0 Å². The fourth-order valence-corrected chi connectivity index (χ4v) is 11.1. The molecule has 0 bridgehead atoms. The summed E-state index contributed by atoms with van der Waals surface area (Å²) in [5.74, 6) is 0. The highest BCUT2D eigenvalue weighted by molar-refractivity contribution is 6.10. The van der Waals surface area contributed by atoms with Gasteiger partial charge in [0, 0.05) is 46.5 Å². The van der Waals surface area contributed by atoms with E-state index in [1.165, 1.54) is 99.8 Å².